The van der Waals surface area contributed by atoms with E-state index >= 15 is 0 Å². The Morgan fingerprint density at radius 3 is 2.45 bits per heavy atom. The molecule has 0 spiro atoms. The van der Waals surface area contributed by atoms with Crippen molar-refractivity contribution in [3.05, 3.63) is 41.8 Å². The molecule has 0 aromatic heterocycles. The average Bonchev–Trinajstić information content (AvgIpc) is 2.09. The van der Waals surface area contributed by atoms with E-state index in [1.165, 1.54) is 0 Å². The van der Waals surface area contributed by atoms with Gasteiger partial charge in [-0.25, -0.2) is 0 Å². The van der Waals surface area contributed by atoms with Crippen molar-refractivity contribution in [3.63, 3.8) is 0 Å². The summed E-state index contributed by atoms with van der Waals surface area (Å²) in [5.74, 6) is 0.852. The molecular weight excluding hydrogens is 134 g/mol. The van der Waals surface area contributed by atoms with E-state index in [2.05, 4.69) is 6.07 Å². The summed E-state index contributed by atoms with van der Waals surface area (Å²) in [6, 6.07) is 12.0. The lowest BCUT2D eigenvalue weighted by atomic mass is 9.99. The number of hydrogen-bond acceptors (Lipinski definition) is 1. The van der Waals surface area contributed by atoms with E-state index in [4.69, 9.17) is 5.26 Å². The number of nitriles is 1. The minimum Gasteiger partial charge on any atom is -0.197 e. The van der Waals surface area contributed by atoms with Crippen molar-refractivity contribution in [3.8, 4) is 6.07 Å². The molecule has 0 bridgehead atoms. The predicted molar refractivity (Wildman–Crippen MR) is 44.7 cm³/mol. The van der Waals surface area contributed by atoms with Crippen LogP contribution < -0.4 is 0 Å². The summed E-state index contributed by atoms with van der Waals surface area (Å²) >= 11 is 0. The van der Waals surface area contributed by atoms with Crippen LogP contribution in [0.4, 0.5) is 0 Å². The van der Waals surface area contributed by atoms with Crippen molar-refractivity contribution in [1.82, 2.24) is 0 Å². The highest BCUT2D eigenvalue weighted by atomic mass is 14.3. The molecule has 1 rings (SSSR count). The molecule has 0 N–H and O–H groups in total. The topological polar surface area (TPSA) is 23.8 Å². The smallest absolute Gasteiger partial charge is 0.105 e. The molecule has 0 heterocycles. The van der Waals surface area contributed by atoms with Crippen LogP contribution in [0.25, 0.3) is 0 Å². The molecule has 0 fully saturated rings. The second-order valence-corrected chi connectivity index (χ2v) is 2.31. The Morgan fingerprint density at radius 1 is 1.36 bits per heavy atom. The van der Waals surface area contributed by atoms with Gasteiger partial charge in [0.2, 0.25) is 0 Å². The molecule has 0 saturated heterocycles. The first-order chi connectivity index (χ1) is 5.38. The Morgan fingerprint density at radius 2 is 2.00 bits per heavy atom. The highest BCUT2D eigenvalue weighted by molar-refractivity contribution is 5.37. The summed E-state index contributed by atoms with van der Waals surface area (Å²) in [6.07, 6.45) is 0.806. The van der Waals surface area contributed by atoms with Crippen LogP contribution in [-0.2, 0) is 0 Å². The number of benzene rings is 1. The van der Waals surface area contributed by atoms with Gasteiger partial charge in [0.05, 0.1) is 6.07 Å². The van der Waals surface area contributed by atoms with Gasteiger partial charge >= 0.3 is 0 Å². The van der Waals surface area contributed by atoms with Crippen LogP contribution in [0.15, 0.2) is 30.3 Å². The third-order valence-electron chi connectivity index (χ3n) is 1.61. The van der Waals surface area contributed by atoms with Gasteiger partial charge in [0.15, 0.2) is 0 Å². The zero-order valence-corrected chi connectivity index (χ0v) is 6.54. The average molecular weight is 144 g/mol. The molecule has 0 unspecified atom stereocenters. The van der Waals surface area contributed by atoms with Crippen LogP contribution in [0.3, 0.4) is 0 Å². The number of nitrogens with zero attached hydrogens (tertiary/aromatic N) is 1. The van der Waals surface area contributed by atoms with Gasteiger partial charge < -0.3 is 0 Å². The second kappa shape index (κ2) is 3.78. The lowest BCUT2D eigenvalue weighted by Gasteiger charge is -2.02. The molecule has 0 saturated carbocycles. The quantitative estimate of drug-likeness (QED) is 0.625. The highest BCUT2D eigenvalue weighted by Gasteiger charge is 2.06. The van der Waals surface area contributed by atoms with Crippen molar-refractivity contribution in [2.24, 2.45) is 0 Å². The maximum atomic E-state index is 8.69. The van der Waals surface area contributed by atoms with Crippen molar-refractivity contribution in [1.29, 1.82) is 5.26 Å². The highest BCUT2D eigenvalue weighted by Crippen LogP contribution is 2.15. The van der Waals surface area contributed by atoms with E-state index in [0.29, 0.717) is 0 Å². The Kier molecular flexibility index (Phi) is 2.68. The predicted octanol–water partition coefficient (Wildman–Crippen LogP) is 2.54. The third-order valence-corrected chi connectivity index (χ3v) is 1.61. The summed E-state index contributed by atoms with van der Waals surface area (Å²) in [5, 5.41) is 8.69. The maximum absolute atomic E-state index is 8.69. The summed E-state index contributed by atoms with van der Waals surface area (Å²) in [6.45, 7) is 1.99. The van der Waals surface area contributed by atoms with Gasteiger partial charge in [0.25, 0.3) is 0 Å². The van der Waals surface area contributed by atoms with E-state index in [-0.39, 0.29) is 0 Å². The van der Waals surface area contributed by atoms with Gasteiger partial charge in [0, 0.05) is 0 Å². The molecule has 1 heteroatoms. The van der Waals surface area contributed by atoms with Gasteiger partial charge in [0.1, 0.15) is 5.92 Å². The monoisotopic (exact) mass is 144 g/mol. The zero-order chi connectivity index (χ0) is 8.10. The normalized spacial score (nSPS) is 9.55. The first-order valence-electron chi connectivity index (χ1n) is 3.69. The Hall–Kier alpha value is -1.29. The number of hydrogen-bond donors (Lipinski definition) is 0. The van der Waals surface area contributed by atoms with Crippen LogP contribution in [0, 0.1) is 17.2 Å². The van der Waals surface area contributed by atoms with Gasteiger partial charge in [-0.15, -0.1) is 0 Å². The van der Waals surface area contributed by atoms with Crippen LogP contribution in [0.1, 0.15) is 18.9 Å². The molecule has 1 radical (unpaired) electrons. The van der Waals surface area contributed by atoms with Crippen LogP contribution >= 0.6 is 0 Å². The largest absolute Gasteiger partial charge is 0.197 e. The first kappa shape index (κ1) is 7.81. The molecular formula is C10H10N. The number of rotatable bonds is 2. The lowest BCUT2D eigenvalue weighted by molar-refractivity contribution is 1.02. The molecule has 1 aromatic rings. The molecule has 0 aliphatic rings. The molecule has 0 amide bonds. The van der Waals surface area contributed by atoms with Crippen molar-refractivity contribution in [2.75, 3.05) is 0 Å². The van der Waals surface area contributed by atoms with Gasteiger partial charge in [-0.3, -0.25) is 0 Å². The van der Waals surface area contributed by atoms with Crippen molar-refractivity contribution < 1.29 is 0 Å². The fourth-order valence-corrected chi connectivity index (χ4v) is 0.987. The Balaban J connectivity index is 2.85. The van der Waals surface area contributed by atoms with Gasteiger partial charge in [-0.2, -0.15) is 5.26 Å². The van der Waals surface area contributed by atoms with Crippen molar-refractivity contribution in [2.45, 2.75) is 13.3 Å². The van der Waals surface area contributed by atoms with Crippen molar-refractivity contribution >= 4 is 0 Å². The third kappa shape index (κ3) is 1.81. The summed E-state index contributed by atoms with van der Waals surface area (Å²) in [4.78, 5) is 0. The Bertz CT molecular complexity index is 245. The Labute approximate surface area is 67.3 Å². The van der Waals surface area contributed by atoms with Gasteiger partial charge in [-0.1, -0.05) is 37.3 Å². The minimum atomic E-state index is 0.806. The molecule has 0 aliphatic carbocycles. The fourth-order valence-electron chi connectivity index (χ4n) is 0.987. The van der Waals surface area contributed by atoms with Gasteiger partial charge in [-0.05, 0) is 12.0 Å². The maximum Gasteiger partial charge on any atom is 0.105 e. The van der Waals surface area contributed by atoms with E-state index in [1.54, 1.807) is 0 Å². The van der Waals surface area contributed by atoms with E-state index < -0.39 is 0 Å². The molecule has 1 aromatic carbocycles. The zero-order valence-electron chi connectivity index (χ0n) is 6.54. The molecule has 11 heavy (non-hydrogen) atoms. The summed E-state index contributed by atoms with van der Waals surface area (Å²) < 4.78 is 0. The summed E-state index contributed by atoms with van der Waals surface area (Å²) in [5.41, 5.74) is 1.04. The first-order valence-corrected chi connectivity index (χ1v) is 3.69. The summed E-state index contributed by atoms with van der Waals surface area (Å²) in [7, 11) is 0. The molecule has 0 atom stereocenters. The molecule has 1 nitrogen and oxygen atoms in total. The molecule has 0 aliphatic heterocycles. The van der Waals surface area contributed by atoms with E-state index in [1.807, 2.05) is 37.3 Å². The fraction of sp³-hybridized carbons (Fsp3) is 0.200. The van der Waals surface area contributed by atoms with Crippen LogP contribution in [0.2, 0.25) is 0 Å². The minimum absolute atomic E-state index is 0.806. The van der Waals surface area contributed by atoms with Crippen LogP contribution in [-0.4, -0.2) is 0 Å². The second-order valence-electron chi connectivity index (χ2n) is 2.31. The standard InChI is InChI=1S/C10H10N/c1-2-9(8-11)10-6-4-3-5-7-10/h3-7H,2H2,1H3. The SMILES string of the molecule is CC[C](C#N)c1ccccc1. The lowest BCUT2D eigenvalue weighted by Crippen LogP contribution is -1.92. The molecule has 55 valence electrons. The van der Waals surface area contributed by atoms with E-state index in [0.717, 1.165) is 17.9 Å². The van der Waals surface area contributed by atoms with E-state index in [9.17, 15) is 0 Å². The van der Waals surface area contributed by atoms with Crippen LogP contribution in [0.5, 0.6) is 0 Å².